The van der Waals surface area contributed by atoms with E-state index in [9.17, 15) is 4.79 Å². The first-order valence-corrected chi connectivity index (χ1v) is 9.89. The van der Waals surface area contributed by atoms with Gasteiger partial charge in [0.25, 0.3) is 0 Å². The van der Waals surface area contributed by atoms with E-state index in [1.54, 1.807) is 18.2 Å². The molecule has 1 heterocycles. The van der Waals surface area contributed by atoms with Crippen LogP contribution in [0.4, 0.5) is 0 Å². The van der Waals surface area contributed by atoms with Gasteiger partial charge in [0, 0.05) is 14.9 Å². The Morgan fingerprint density at radius 1 is 1.00 bits per heavy atom. The quantitative estimate of drug-likeness (QED) is 0.319. The molecular weight excluding hydrogens is 440 g/mol. The Kier molecular flexibility index (Phi) is 5.25. The van der Waals surface area contributed by atoms with Crippen LogP contribution in [0.25, 0.3) is 22.1 Å². The van der Waals surface area contributed by atoms with E-state index in [2.05, 4.69) is 15.9 Å². The van der Waals surface area contributed by atoms with Crippen LogP contribution in [-0.2, 0) is 6.61 Å². The van der Waals surface area contributed by atoms with Crippen LogP contribution < -0.4 is 10.4 Å². The van der Waals surface area contributed by atoms with Gasteiger partial charge in [0.05, 0.1) is 5.56 Å². The van der Waals surface area contributed by atoms with Gasteiger partial charge in [-0.3, -0.25) is 0 Å². The molecule has 140 valence electrons. The minimum atomic E-state index is -0.365. The summed E-state index contributed by atoms with van der Waals surface area (Å²) in [6, 6.07) is 20.6. The fourth-order valence-corrected chi connectivity index (χ4v) is 3.51. The zero-order valence-corrected chi connectivity index (χ0v) is 17.4. The molecule has 0 amide bonds. The van der Waals surface area contributed by atoms with E-state index in [-0.39, 0.29) is 5.63 Å². The standard InChI is InChI=1S/C23H16BrClO3/c1-14-20-12-19(27-13-15-2-6-17(24)7-3-15)10-11-21(20)28-23(26)22(14)16-4-8-18(25)9-5-16/h2-12H,13H2,1H3. The Labute approximate surface area is 175 Å². The van der Waals surface area contributed by atoms with Crippen LogP contribution in [0, 0.1) is 6.92 Å². The summed E-state index contributed by atoms with van der Waals surface area (Å²) in [5, 5.41) is 1.47. The third kappa shape index (κ3) is 3.84. The molecule has 0 N–H and O–H groups in total. The zero-order chi connectivity index (χ0) is 19.7. The highest BCUT2D eigenvalue weighted by Crippen LogP contribution is 2.30. The summed E-state index contributed by atoms with van der Waals surface area (Å²) >= 11 is 9.40. The largest absolute Gasteiger partial charge is 0.489 e. The molecule has 4 aromatic rings. The minimum absolute atomic E-state index is 0.365. The molecule has 4 rings (SSSR count). The topological polar surface area (TPSA) is 39.4 Å². The van der Waals surface area contributed by atoms with Crippen molar-refractivity contribution in [2.24, 2.45) is 0 Å². The van der Waals surface area contributed by atoms with Crippen LogP contribution in [0.2, 0.25) is 5.02 Å². The lowest BCUT2D eigenvalue weighted by Crippen LogP contribution is -2.06. The zero-order valence-electron chi connectivity index (χ0n) is 15.0. The third-order valence-electron chi connectivity index (χ3n) is 4.59. The fraction of sp³-hybridized carbons (Fsp3) is 0.0870. The van der Waals surface area contributed by atoms with Gasteiger partial charge in [0.2, 0.25) is 0 Å². The number of rotatable bonds is 4. The van der Waals surface area contributed by atoms with Gasteiger partial charge in [0.1, 0.15) is 17.9 Å². The maximum absolute atomic E-state index is 12.5. The molecule has 0 aliphatic rings. The average molecular weight is 456 g/mol. The molecule has 5 heteroatoms. The summed E-state index contributed by atoms with van der Waals surface area (Å²) in [7, 11) is 0. The van der Waals surface area contributed by atoms with E-state index < -0.39 is 0 Å². The number of hydrogen-bond donors (Lipinski definition) is 0. The van der Waals surface area contributed by atoms with Gasteiger partial charge >= 0.3 is 5.63 Å². The molecule has 0 saturated heterocycles. The van der Waals surface area contributed by atoms with Gasteiger partial charge in [0.15, 0.2) is 0 Å². The molecule has 0 aliphatic carbocycles. The Morgan fingerprint density at radius 3 is 2.43 bits per heavy atom. The van der Waals surface area contributed by atoms with Crippen molar-refractivity contribution < 1.29 is 9.15 Å². The van der Waals surface area contributed by atoms with Crippen LogP contribution in [0.3, 0.4) is 0 Å². The van der Waals surface area contributed by atoms with Crippen LogP contribution in [0.15, 0.2) is 80.4 Å². The number of ether oxygens (including phenoxy) is 1. The molecular formula is C23H16BrClO3. The fourth-order valence-electron chi connectivity index (χ4n) is 3.12. The predicted octanol–water partition coefficient (Wildman–Crippen LogP) is 6.76. The molecule has 0 saturated carbocycles. The second-order valence-electron chi connectivity index (χ2n) is 6.47. The highest BCUT2D eigenvalue weighted by atomic mass is 79.9. The summed E-state index contributed by atoms with van der Waals surface area (Å²) in [5.74, 6) is 0.717. The summed E-state index contributed by atoms with van der Waals surface area (Å²) in [6.07, 6.45) is 0. The SMILES string of the molecule is Cc1c(-c2ccc(Cl)cc2)c(=O)oc2ccc(OCc3ccc(Br)cc3)cc12. The van der Waals surface area contributed by atoms with E-state index in [4.69, 9.17) is 20.8 Å². The van der Waals surface area contributed by atoms with Gasteiger partial charge in [-0.05, 0) is 66.1 Å². The number of fused-ring (bicyclic) bond motifs is 1. The lowest BCUT2D eigenvalue weighted by atomic mass is 9.99. The normalized spacial score (nSPS) is 11.0. The summed E-state index contributed by atoms with van der Waals surface area (Å²) in [4.78, 5) is 12.5. The van der Waals surface area contributed by atoms with Crippen molar-refractivity contribution in [1.82, 2.24) is 0 Å². The van der Waals surface area contributed by atoms with E-state index in [0.717, 1.165) is 32.3 Å². The van der Waals surface area contributed by atoms with Gasteiger partial charge < -0.3 is 9.15 Å². The molecule has 3 aromatic carbocycles. The molecule has 0 unspecified atom stereocenters. The first-order valence-electron chi connectivity index (χ1n) is 8.72. The van der Waals surface area contributed by atoms with Crippen LogP contribution in [-0.4, -0.2) is 0 Å². The Bertz CT molecular complexity index is 1200. The average Bonchev–Trinajstić information content (AvgIpc) is 2.69. The molecule has 0 fully saturated rings. The van der Waals surface area contributed by atoms with Gasteiger partial charge in [-0.25, -0.2) is 4.79 Å². The molecule has 0 atom stereocenters. The van der Waals surface area contributed by atoms with Crippen LogP contribution in [0.5, 0.6) is 5.75 Å². The molecule has 28 heavy (non-hydrogen) atoms. The predicted molar refractivity (Wildman–Crippen MR) is 116 cm³/mol. The van der Waals surface area contributed by atoms with Crippen molar-refractivity contribution in [3.63, 3.8) is 0 Å². The second kappa shape index (κ2) is 7.82. The van der Waals surface area contributed by atoms with Crippen molar-refractivity contribution >= 4 is 38.5 Å². The lowest BCUT2D eigenvalue weighted by molar-refractivity contribution is 0.306. The molecule has 0 aliphatic heterocycles. The second-order valence-corrected chi connectivity index (χ2v) is 7.82. The Hall–Kier alpha value is -2.56. The maximum atomic E-state index is 12.5. The van der Waals surface area contributed by atoms with Crippen molar-refractivity contribution in [2.75, 3.05) is 0 Å². The number of hydrogen-bond acceptors (Lipinski definition) is 3. The van der Waals surface area contributed by atoms with E-state index in [1.807, 2.05) is 55.5 Å². The monoisotopic (exact) mass is 454 g/mol. The minimum Gasteiger partial charge on any atom is -0.489 e. The van der Waals surface area contributed by atoms with E-state index in [0.29, 0.717) is 22.8 Å². The summed E-state index contributed by atoms with van der Waals surface area (Å²) in [6.45, 7) is 2.38. The van der Waals surface area contributed by atoms with Crippen molar-refractivity contribution in [1.29, 1.82) is 0 Å². The van der Waals surface area contributed by atoms with Crippen molar-refractivity contribution in [3.05, 3.63) is 97.8 Å². The molecule has 0 bridgehead atoms. The number of halogens is 2. The molecule has 1 aromatic heterocycles. The molecule has 0 radical (unpaired) electrons. The Morgan fingerprint density at radius 2 is 1.71 bits per heavy atom. The lowest BCUT2D eigenvalue weighted by Gasteiger charge is -2.11. The van der Waals surface area contributed by atoms with Gasteiger partial charge in [-0.2, -0.15) is 0 Å². The highest BCUT2D eigenvalue weighted by Gasteiger charge is 2.14. The van der Waals surface area contributed by atoms with Crippen LogP contribution >= 0.6 is 27.5 Å². The number of aryl methyl sites for hydroxylation is 1. The highest BCUT2D eigenvalue weighted by molar-refractivity contribution is 9.10. The van der Waals surface area contributed by atoms with Crippen molar-refractivity contribution in [3.8, 4) is 16.9 Å². The van der Waals surface area contributed by atoms with E-state index in [1.165, 1.54) is 0 Å². The first-order chi connectivity index (χ1) is 13.5. The molecule has 3 nitrogen and oxygen atoms in total. The van der Waals surface area contributed by atoms with E-state index >= 15 is 0 Å². The maximum Gasteiger partial charge on any atom is 0.344 e. The van der Waals surface area contributed by atoms with Gasteiger partial charge in [-0.15, -0.1) is 0 Å². The summed E-state index contributed by atoms with van der Waals surface area (Å²) in [5.41, 5.74) is 3.41. The third-order valence-corrected chi connectivity index (χ3v) is 5.37. The summed E-state index contributed by atoms with van der Waals surface area (Å²) < 4.78 is 12.5. The Balaban J connectivity index is 1.70. The first kappa shape index (κ1) is 18.8. The smallest absolute Gasteiger partial charge is 0.344 e. The number of benzene rings is 3. The molecule has 0 spiro atoms. The van der Waals surface area contributed by atoms with Crippen molar-refractivity contribution in [2.45, 2.75) is 13.5 Å². The van der Waals surface area contributed by atoms with Crippen LogP contribution in [0.1, 0.15) is 11.1 Å². The van der Waals surface area contributed by atoms with Gasteiger partial charge in [-0.1, -0.05) is 51.8 Å².